The number of hydrogen-bond acceptors (Lipinski definition) is 2. The van der Waals surface area contributed by atoms with Crippen molar-refractivity contribution in [1.29, 1.82) is 0 Å². The van der Waals surface area contributed by atoms with E-state index in [0.717, 1.165) is 25.9 Å². The second kappa shape index (κ2) is 6.46. The summed E-state index contributed by atoms with van der Waals surface area (Å²) >= 11 is 0. The average molecular weight is 206 g/mol. The van der Waals surface area contributed by atoms with Crippen LogP contribution in [0.25, 0.3) is 0 Å². The molecule has 15 heavy (non-hydrogen) atoms. The lowest BCUT2D eigenvalue weighted by Crippen LogP contribution is -2.38. The van der Waals surface area contributed by atoms with Crippen LogP contribution in [0.2, 0.25) is 0 Å². The first kappa shape index (κ1) is 12.1. The van der Waals surface area contributed by atoms with Gasteiger partial charge >= 0.3 is 0 Å². The van der Waals surface area contributed by atoms with Crippen molar-refractivity contribution in [3.8, 4) is 0 Å². The maximum Gasteiger partial charge on any atom is 0.0551 e. The smallest absolute Gasteiger partial charge is 0.0551 e. The fourth-order valence-corrected chi connectivity index (χ4v) is 1.69. The van der Waals surface area contributed by atoms with Crippen LogP contribution in [0.1, 0.15) is 32.8 Å². The number of hydrazine groups is 1. The minimum Gasteiger partial charge on any atom is -0.308 e. The molecule has 2 nitrogen and oxygen atoms in total. The van der Waals surface area contributed by atoms with Crippen LogP contribution in [0.15, 0.2) is 24.3 Å². The highest BCUT2D eigenvalue weighted by Gasteiger charge is 2.06. The molecule has 1 N–H and O–H groups in total. The number of para-hydroxylation sites is 1. The van der Waals surface area contributed by atoms with Gasteiger partial charge in [-0.25, -0.2) is 5.43 Å². The number of nitrogens with zero attached hydrogens (tertiary/aromatic N) is 1. The Hall–Kier alpha value is -1.02. The van der Waals surface area contributed by atoms with Crippen LogP contribution in [0.3, 0.4) is 0 Å². The van der Waals surface area contributed by atoms with Gasteiger partial charge in [-0.15, -0.1) is 0 Å². The van der Waals surface area contributed by atoms with Crippen LogP contribution >= 0.6 is 0 Å². The number of hydrogen-bond donors (Lipinski definition) is 1. The molecule has 0 spiro atoms. The van der Waals surface area contributed by atoms with Crippen molar-refractivity contribution in [2.75, 3.05) is 18.1 Å². The molecular weight excluding hydrogens is 184 g/mol. The summed E-state index contributed by atoms with van der Waals surface area (Å²) in [6.45, 7) is 8.59. The molecule has 0 heterocycles. The summed E-state index contributed by atoms with van der Waals surface area (Å²) in [5.41, 5.74) is 6.16. The van der Waals surface area contributed by atoms with Gasteiger partial charge in [-0.1, -0.05) is 32.0 Å². The molecule has 1 aromatic rings. The fraction of sp³-hybridized carbons (Fsp3) is 0.538. The molecule has 0 aromatic heterocycles. The van der Waals surface area contributed by atoms with Crippen molar-refractivity contribution >= 4 is 5.69 Å². The Kier molecular flexibility index (Phi) is 5.19. The van der Waals surface area contributed by atoms with E-state index in [9.17, 15) is 0 Å². The highest BCUT2D eigenvalue weighted by Crippen LogP contribution is 2.18. The third-order valence-electron chi connectivity index (χ3n) is 2.53. The lowest BCUT2D eigenvalue weighted by Gasteiger charge is -2.26. The molecule has 0 saturated carbocycles. The quantitative estimate of drug-likeness (QED) is 0.720. The van der Waals surface area contributed by atoms with Gasteiger partial charge in [0.15, 0.2) is 0 Å². The van der Waals surface area contributed by atoms with Crippen molar-refractivity contribution in [2.45, 2.75) is 33.6 Å². The second-order valence-corrected chi connectivity index (χ2v) is 3.63. The first-order valence-corrected chi connectivity index (χ1v) is 5.92. The molecule has 0 aliphatic carbocycles. The van der Waals surface area contributed by atoms with Crippen LogP contribution < -0.4 is 10.4 Å². The maximum atomic E-state index is 3.44. The predicted octanol–water partition coefficient (Wildman–Crippen LogP) is 2.99. The maximum absolute atomic E-state index is 3.44. The van der Waals surface area contributed by atoms with Crippen LogP contribution in [-0.4, -0.2) is 13.1 Å². The van der Waals surface area contributed by atoms with Crippen LogP contribution in [0.4, 0.5) is 5.69 Å². The largest absolute Gasteiger partial charge is 0.308 e. The van der Waals surface area contributed by atoms with Crippen molar-refractivity contribution < 1.29 is 0 Å². The van der Waals surface area contributed by atoms with Crippen LogP contribution in [0, 0.1) is 0 Å². The van der Waals surface area contributed by atoms with Gasteiger partial charge in [0.05, 0.1) is 5.69 Å². The van der Waals surface area contributed by atoms with E-state index in [0.29, 0.717) is 0 Å². The van der Waals surface area contributed by atoms with Gasteiger partial charge in [0.1, 0.15) is 0 Å². The second-order valence-electron chi connectivity index (χ2n) is 3.63. The molecule has 84 valence electrons. The molecule has 1 rings (SSSR count). The zero-order valence-electron chi connectivity index (χ0n) is 10.1. The summed E-state index contributed by atoms with van der Waals surface area (Å²) < 4.78 is 0. The highest BCUT2D eigenvalue weighted by atomic mass is 15.5. The molecule has 0 fully saturated rings. The molecule has 0 saturated heterocycles. The molecule has 1 aromatic carbocycles. The minimum absolute atomic E-state index is 0.997. The number of aryl methyl sites for hydroxylation is 1. The molecule has 0 amide bonds. The summed E-state index contributed by atoms with van der Waals surface area (Å²) in [6.07, 6.45) is 2.24. The van der Waals surface area contributed by atoms with Gasteiger partial charge in [0, 0.05) is 13.1 Å². The van der Waals surface area contributed by atoms with E-state index < -0.39 is 0 Å². The summed E-state index contributed by atoms with van der Waals surface area (Å²) in [5, 5.41) is 2.24. The van der Waals surface area contributed by atoms with Crippen LogP contribution in [0.5, 0.6) is 0 Å². The number of nitrogens with one attached hydrogen (secondary N) is 1. The SMILES string of the molecule is CCCNN(CC)c1ccccc1CC. The van der Waals surface area contributed by atoms with E-state index in [1.807, 2.05) is 0 Å². The summed E-state index contributed by atoms with van der Waals surface area (Å²) in [6, 6.07) is 8.59. The van der Waals surface area contributed by atoms with E-state index in [-0.39, 0.29) is 0 Å². The Morgan fingerprint density at radius 3 is 2.47 bits per heavy atom. The molecule has 0 aliphatic rings. The Bertz CT molecular complexity index is 284. The van der Waals surface area contributed by atoms with E-state index >= 15 is 0 Å². The standard InChI is InChI=1S/C13H22N2/c1-4-11-14-15(6-3)13-10-8-7-9-12(13)5-2/h7-10,14H,4-6,11H2,1-3H3. The highest BCUT2D eigenvalue weighted by molar-refractivity contribution is 5.52. The van der Waals surface area contributed by atoms with Gasteiger partial charge in [-0.2, -0.15) is 0 Å². The number of anilines is 1. The zero-order valence-corrected chi connectivity index (χ0v) is 10.1. The van der Waals surface area contributed by atoms with Gasteiger partial charge < -0.3 is 5.01 Å². The monoisotopic (exact) mass is 206 g/mol. The summed E-state index contributed by atoms with van der Waals surface area (Å²) in [4.78, 5) is 0. The average Bonchev–Trinajstić information content (AvgIpc) is 2.30. The number of benzene rings is 1. The van der Waals surface area contributed by atoms with E-state index in [2.05, 4.69) is 55.5 Å². The van der Waals surface area contributed by atoms with E-state index in [1.54, 1.807) is 0 Å². The Labute approximate surface area is 93.3 Å². The molecular formula is C13H22N2. The predicted molar refractivity (Wildman–Crippen MR) is 67.1 cm³/mol. The molecule has 2 heteroatoms. The van der Waals surface area contributed by atoms with E-state index in [1.165, 1.54) is 11.3 Å². The van der Waals surface area contributed by atoms with E-state index in [4.69, 9.17) is 0 Å². The lowest BCUT2D eigenvalue weighted by atomic mass is 10.1. The van der Waals surface area contributed by atoms with Gasteiger partial charge in [-0.3, -0.25) is 0 Å². The Morgan fingerprint density at radius 2 is 1.87 bits per heavy atom. The zero-order chi connectivity index (χ0) is 11.1. The lowest BCUT2D eigenvalue weighted by molar-refractivity contribution is 0.626. The third-order valence-corrected chi connectivity index (χ3v) is 2.53. The summed E-state index contributed by atoms with van der Waals surface area (Å²) in [7, 11) is 0. The van der Waals surface area contributed by atoms with Gasteiger partial charge in [-0.05, 0) is 31.4 Å². The van der Waals surface area contributed by atoms with Crippen molar-refractivity contribution in [3.05, 3.63) is 29.8 Å². The van der Waals surface area contributed by atoms with Crippen molar-refractivity contribution in [2.24, 2.45) is 0 Å². The topological polar surface area (TPSA) is 15.3 Å². The minimum atomic E-state index is 0.997. The van der Waals surface area contributed by atoms with Crippen molar-refractivity contribution in [3.63, 3.8) is 0 Å². The molecule has 0 aliphatic heterocycles. The normalized spacial score (nSPS) is 10.3. The molecule has 0 atom stereocenters. The molecule has 0 unspecified atom stereocenters. The van der Waals surface area contributed by atoms with Crippen molar-refractivity contribution in [1.82, 2.24) is 5.43 Å². The first-order valence-electron chi connectivity index (χ1n) is 5.92. The fourth-order valence-electron chi connectivity index (χ4n) is 1.69. The summed E-state index contributed by atoms with van der Waals surface area (Å²) in [5.74, 6) is 0. The Balaban J connectivity index is 2.80. The first-order chi connectivity index (χ1) is 7.33. The molecule has 0 radical (unpaired) electrons. The van der Waals surface area contributed by atoms with Crippen LogP contribution in [-0.2, 0) is 6.42 Å². The third kappa shape index (κ3) is 3.24. The van der Waals surface area contributed by atoms with Gasteiger partial charge in [0.2, 0.25) is 0 Å². The Morgan fingerprint density at radius 1 is 1.13 bits per heavy atom. The number of rotatable bonds is 6. The molecule has 0 bridgehead atoms. The van der Waals surface area contributed by atoms with Gasteiger partial charge in [0.25, 0.3) is 0 Å².